The molecular formula is C16H15N5O2. The van der Waals surface area contributed by atoms with E-state index >= 15 is 0 Å². The van der Waals surface area contributed by atoms with Gasteiger partial charge < -0.3 is 5.73 Å². The molecule has 2 aromatic heterocycles. The number of carbonyl (C=O) groups is 1. The maximum atomic E-state index is 12.7. The van der Waals surface area contributed by atoms with E-state index in [0.29, 0.717) is 11.4 Å². The van der Waals surface area contributed by atoms with Gasteiger partial charge in [-0.05, 0) is 25.0 Å². The molecule has 23 heavy (non-hydrogen) atoms. The first-order valence-corrected chi connectivity index (χ1v) is 7.47. The Morgan fingerprint density at radius 2 is 2.00 bits per heavy atom. The summed E-state index contributed by atoms with van der Waals surface area (Å²) in [5.41, 5.74) is 6.94. The minimum absolute atomic E-state index is 0.228. The normalized spacial score (nSPS) is 14.3. The largest absolute Gasteiger partial charge is 0.368 e. The van der Waals surface area contributed by atoms with Crippen LogP contribution in [0.15, 0.2) is 41.3 Å². The molecule has 0 unspecified atom stereocenters. The molecule has 4 rings (SSSR count). The third-order valence-electron chi connectivity index (χ3n) is 3.98. The van der Waals surface area contributed by atoms with Crippen LogP contribution in [0.25, 0.3) is 16.6 Å². The molecule has 1 aliphatic carbocycles. The molecule has 2 N–H and O–H groups in total. The van der Waals surface area contributed by atoms with Gasteiger partial charge in [0.1, 0.15) is 12.1 Å². The Balaban J connectivity index is 2.01. The van der Waals surface area contributed by atoms with E-state index in [0.717, 1.165) is 34.3 Å². The Labute approximate surface area is 131 Å². The van der Waals surface area contributed by atoms with Gasteiger partial charge in [0.05, 0.1) is 17.6 Å². The number of nitrogens with zero attached hydrogens (tertiary/aromatic N) is 4. The Morgan fingerprint density at radius 3 is 2.65 bits per heavy atom. The van der Waals surface area contributed by atoms with Gasteiger partial charge >= 0.3 is 0 Å². The number of nitrogens with two attached hydrogens (primary N) is 1. The second-order valence-electron chi connectivity index (χ2n) is 5.74. The van der Waals surface area contributed by atoms with Gasteiger partial charge in [0.2, 0.25) is 5.91 Å². The van der Waals surface area contributed by atoms with Crippen LogP contribution in [0.1, 0.15) is 24.5 Å². The molecule has 1 aliphatic rings. The second-order valence-corrected chi connectivity index (χ2v) is 5.74. The van der Waals surface area contributed by atoms with Crippen molar-refractivity contribution in [2.45, 2.75) is 25.3 Å². The highest BCUT2D eigenvalue weighted by Gasteiger charge is 2.30. The highest BCUT2D eigenvalue weighted by molar-refractivity contribution is 5.82. The molecule has 1 fully saturated rings. The molecular weight excluding hydrogens is 294 g/mol. The molecule has 2 heterocycles. The van der Waals surface area contributed by atoms with E-state index in [9.17, 15) is 9.59 Å². The van der Waals surface area contributed by atoms with Gasteiger partial charge in [-0.3, -0.25) is 9.59 Å². The number of benzene rings is 1. The summed E-state index contributed by atoms with van der Waals surface area (Å²) in [6.07, 6.45) is 3.75. The summed E-state index contributed by atoms with van der Waals surface area (Å²) in [7, 11) is 0. The Hall–Kier alpha value is -2.96. The summed E-state index contributed by atoms with van der Waals surface area (Å²) < 4.78 is 2.75. The molecule has 0 atom stereocenters. The lowest BCUT2D eigenvalue weighted by Crippen LogP contribution is -2.31. The number of fused-ring (bicyclic) bond motifs is 1. The van der Waals surface area contributed by atoms with E-state index < -0.39 is 5.91 Å². The highest BCUT2D eigenvalue weighted by atomic mass is 16.2. The van der Waals surface area contributed by atoms with Crippen molar-refractivity contribution < 1.29 is 4.79 Å². The first kappa shape index (κ1) is 13.7. The standard InChI is InChI=1S/C16H15N5O2/c17-13(22)9-20-16(23)15-12(14(19-20)10-6-7-10)8-18-21(15)11-4-2-1-3-5-11/h1-5,8,10H,6-7,9H2,(H2,17,22). The van der Waals surface area contributed by atoms with Crippen LogP contribution in [0.4, 0.5) is 0 Å². The summed E-state index contributed by atoms with van der Waals surface area (Å²) in [6.45, 7) is -0.228. The third-order valence-corrected chi connectivity index (χ3v) is 3.98. The van der Waals surface area contributed by atoms with Crippen LogP contribution in [0, 0.1) is 0 Å². The Kier molecular flexibility index (Phi) is 3.00. The van der Waals surface area contributed by atoms with Gasteiger partial charge in [-0.15, -0.1) is 0 Å². The minimum Gasteiger partial charge on any atom is -0.368 e. The second kappa shape index (κ2) is 5.05. The predicted molar refractivity (Wildman–Crippen MR) is 84.3 cm³/mol. The fraction of sp³-hybridized carbons (Fsp3) is 0.250. The topological polar surface area (TPSA) is 95.8 Å². The van der Waals surface area contributed by atoms with E-state index in [1.54, 1.807) is 10.9 Å². The van der Waals surface area contributed by atoms with Crippen LogP contribution >= 0.6 is 0 Å². The van der Waals surface area contributed by atoms with Crippen LogP contribution < -0.4 is 11.3 Å². The van der Waals surface area contributed by atoms with Gasteiger partial charge in [0.25, 0.3) is 5.56 Å². The zero-order valence-corrected chi connectivity index (χ0v) is 12.3. The van der Waals surface area contributed by atoms with Crippen LogP contribution in [-0.4, -0.2) is 25.5 Å². The number of amides is 1. The summed E-state index contributed by atoms with van der Waals surface area (Å²) in [4.78, 5) is 24.0. The molecule has 116 valence electrons. The molecule has 1 aromatic carbocycles. The van der Waals surface area contributed by atoms with Gasteiger partial charge in [-0.25, -0.2) is 9.36 Å². The molecule has 0 bridgehead atoms. The lowest BCUT2D eigenvalue weighted by Gasteiger charge is -2.08. The lowest BCUT2D eigenvalue weighted by atomic mass is 10.2. The number of hydrogen-bond acceptors (Lipinski definition) is 4. The smallest absolute Gasteiger partial charge is 0.293 e. The first-order chi connectivity index (χ1) is 11.1. The lowest BCUT2D eigenvalue weighted by molar-refractivity contribution is -0.118. The van der Waals surface area contributed by atoms with Crippen LogP contribution in [0.2, 0.25) is 0 Å². The van der Waals surface area contributed by atoms with E-state index in [-0.39, 0.29) is 12.1 Å². The summed E-state index contributed by atoms with van der Waals surface area (Å²) in [5, 5.41) is 9.48. The van der Waals surface area contributed by atoms with E-state index in [2.05, 4.69) is 10.2 Å². The predicted octanol–water partition coefficient (Wildman–Crippen LogP) is 0.945. The number of para-hydroxylation sites is 1. The average molecular weight is 309 g/mol. The molecule has 7 heteroatoms. The number of primary amides is 1. The van der Waals surface area contributed by atoms with Crippen molar-refractivity contribution in [3.05, 3.63) is 52.6 Å². The quantitative estimate of drug-likeness (QED) is 0.776. The summed E-state index contributed by atoms with van der Waals surface area (Å²) >= 11 is 0. The van der Waals surface area contributed by atoms with Crippen molar-refractivity contribution in [2.75, 3.05) is 0 Å². The summed E-state index contributed by atoms with van der Waals surface area (Å²) in [5.74, 6) is -0.267. The molecule has 1 amide bonds. The monoisotopic (exact) mass is 309 g/mol. The molecule has 3 aromatic rings. The third kappa shape index (κ3) is 2.30. The number of rotatable bonds is 4. The first-order valence-electron chi connectivity index (χ1n) is 7.47. The zero-order valence-electron chi connectivity index (χ0n) is 12.3. The van der Waals surface area contributed by atoms with Gasteiger partial charge in [0, 0.05) is 11.3 Å². The van der Waals surface area contributed by atoms with E-state index in [1.165, 1.54) is 0 Å². The van der Waals surface area contributed by atoms with Gasteiger partial charge in [-0.2, -0.15) is 10.2 Å². The number of hydrogen-bond donors (Lipinski definition) is 1. The van der Waals surface area contributed by atoms with Crippen molar-refractivity contribution in [3.8, 4) is 5.69 Å². The fourth-order valence-corrected chi connectivity index (χ4v) is 2.77. The molecule has 0 saturated heterocycles. The van der Waals surface area contributed by atoms with Crippen molar-refractivity contribution in [3.63, 3.8) is 0 Å². The zero-order chi connectivity index (χ0) is 16.0. The number of aromatic nitrogens is 4. The minimum atomic E-state index is -0.591. The SMILES string of the molecule is NC(=O)Cn1nc(C2CC2)c2cnn(-c3ccccc3)c2c1=O. The Morgan fingerprint density at radius 1 is 1.26 bits per heavy atom. The molecule has 0 aliphatic heterocycles. The van der Waals surface area contributed by atoms with Gasteiger partial charge in [0.15, 0.2) is 0 Å². The highest BCUT2D eigenvalue weighted by Crippen LogP contribution is 2.41. The Bertz CT molecular complexity index is 954. The maximum absolute atomic E-state index is 12.7. The molecule has 0 spiro atoms. The number of carbonyl (C=O) groups excluding carboxylic acids is 1. The van der Waals surface area contributed by atoms with Crippen molar-refractivity contribution in [1.82, 2.24) is 19.6 Å². The van der Waals surface area contributed by atoms with Gasteiger partial charge in [-0.1, -0.05) is 18.2 Å². The van der Waals surface area contributed by atoms with Crippen molar-refractivity contribution in [1.29, 1.82) is 0 Å². The molecule has 1 saturated carbocycles. The molecule has 0 radical (unpaired) electrons. The maximum Gasteiger partial charge on any atom is 0.293 e. The van der Waals surface area contributed by atoms with E-state index in [1.807, 2.05) is 30.3 Å². The molecule has 7 nitrogen and oxygen atoms in total. The van der Waals surface area contributed by atoms with Crippen molar-refractivity contribution >= 4 is 16.8 Å². The van der Waals surface area contributed by atoms with E-state index in [4.69, 9.17) is 5.73 Å². The van der Waals surface area contributed by atoms with Crippen LogP contribution in [0.3, 0.4) is 0 Å². The average Bonchev–Trinajstić information content (AvgIpc) is 3.28. The van der Waals surface area contributed by atoms with Crippen LogP contribution in [-0.2, 0) is 11.3 Å². The van der Waals surface area contributed by atoms with Crippen LogP contribution in [0.5, 0.6) is 0 Å². The summed E-state index contributed by atoms with van der Waals surface area (Å²) in [6, 6.07) is 9.42. The fourth-order valence-electron chi connectivity index (χ4n) is 2.77. The van der Waals surface area contributed by atoms with Crippen molar-refractivity contribution in [2.24, 2.45) is 5.73 Å².